The summed E-state index contributed by atoms with van der Waals surface area (Å²) in [4.78, 5) is 33.5. The zero-order valence-corrected chi connectivity index (χ0v) is 18.7. The lowest BCUT2D eigenvalue weighted by molar-refractivity contribution is 0.0951. The van der Waals surface area contributed by atoms with Gasteiger partial charge >= 0.3 is 0 Å². The van der Waals surface area contributed by atoms with Crippen molar-refractivity contribution in [2.45, 2.75) is 20.1 Å². The van der Waals surface area contributed by atoms with Gasteiger partial charge in [-0.15, -0.1) is 0 Å². The summed E-state index contributed by atoms with van der Waals surface area (Å²) in [5.41, 5.74) is 4.07. The van der Waals surface area contributed by atoms with Gasteiger partial charge in [0.25, 0.3) is 11.8 Å². The van der Waals surface area contributed by atoms with Crippen LogP contribution in [0.15, 0.2) is 91.5 Å². The number of carbonyl (C=O) groups is 2. The summed E-state index contributed by atoms with van der Waals surface area (Å²) in [5, 5.41) is 5.78. The fraction of sp³-hybridized carbons (Fsp3) is 0.111. The highest BCUT2D eigenvalue weighted by molar-refractivity contribution is 6.09. The Balaban J connectivity index is 1.37. The molecule has 0 aliphatic rings. The Morgan fingerprint density at radius 1 is 0.824 bits per heavy atom. The maximum atomic E-state index is 12.9. The molecule has 7 nitrogen and oxygen atoms in total. The number of para-hydroxylation sites is 1. The van der Waals surface area contributed by atoms with E-state index in [9.17, 15) is 9.59 Å². The fourth-order valence-corrected chi connectivity index (χ4v) is 3.34. The summed E-state index contributed by atoms with van der Waals surface area (Å²) in [7, 11) is 0. The Hall–Kier alpha value is -4.52. The number of anilines is 1. The van der Waals surface area contributed by atoms with E-state index in [1.165, 1.54) is 0 Å². The minimum Gasteiger partial charge on any atom is -0.489 e. The van der Waals surface area contributed by atoms with Crippen LogP contribution in [-0.4, -0.2) is 21.8 Å². The molecule has 0 unspecified atom stereocenters. The summed E-state index contributed by atoms with van der Waals surface area (Å²) in [6.07, 6.45) is 6.59. The average molecular weight is 453 g/mol. The number of rotatable bonds is 8. The van der Waals surface area contributed by atoms with Crippen molar-refractivity contribution in [1.82, 2.24) is 15.3 Å². The highest BCUT2D eigenvalue weighted by Crippen LogP contribution is 2.22. The number of ether oxygens (including phenoxy) is 1. The molecule has 2 heterocycles. The van der Waals surface area contributed by atoms with Crippen LogP contribution in [0.1, 0.15) is 37.4 Å². The molecule has 34 heavy (non-hydrogen) atoms. The third-order valence-electron chi connectivity index (χ3n) is 5.20. The van der Waals surface area contributed by atoms with Crippen molar-refractivity contribution in [2.75, 3.05) is 5.32 Å². The molecule has 4 aromatic rings. The normalized spacial score (nSPS) is 10.4. The van der Waals surface area contributed by atoms with E-state index in [1.54, 1.807) is 49.1 Å². The second-order valence-electron chi connectivity index (χ2n) is 7.66. The molecular weight excluding hydrogens is 428 g/mol. The topological polar surface area (TPSA) is 93.2 Å². The van der Waals surface area contributed by atoms with Crippen LogP contribution in [0, 0.1) is 6.92 Å². The van der Waals surface area contributed by atoms with Gasteiger partial charge in [0.1, 0.15) is 12.4 Å². The first-order chi connectivity index (χ1) is 16.6. The molecule has 2 aromatic carbocycles. The number of nitrogens with zero attached hydrogens (tertiary/aromatic N) is 2. The van der Waals surface area contributed by atoms with Crippen molar-refractivity contribution in [3.63, 3.8) is 0 Å². The first-order valence-electron chi connectivity index (χ1n) is 10.8. The molecule has 4 rings (SSSR count). The molecule has 0 radical (unpaired) electrons. The van der Waals surface area contributed by atoms with E-state index in [1.807, 2.05) is 49.4 Å². The van der Waals surface area contributed by atoms with Crippen LogP contribution in [0.3, 0.4) is 0 Å². The number of carbonyl (C=O) groups excluding carboxylic acids is 2. The summed E-state index contributed by atoms with van der Waals surface area (Å²) in [6.45, 7) is 2.63. The van der Waals surface area contributed by atoms with Gasteiger partial charge in [-0.05, 0) is 54.4 Å². The lowest BCUT2D eigenvalue weighted by atomic mass is 10.1. The number of aryl methyl sites for hydroxylation is 1. The van der Waals surface area contributed by atoms with Gasteiger partial charge in [-0.2, -0.15) is 0 Å². The Morgan fingerprint density at radius 2 is 1.62 bits per heavy atom. The number of hydrogen-bond acceptors (Lipinski definition) is 5. The van der Waals surface area contributed by atoms with Crippen LogP contribution in [0.25, 0.3) is 0 Å². The van der Waals surface area contributed by atoms with E-state index in [-0.39, 0.29) is 11.8 Å². The summed E-state index contributed by atoms with van der Waals surface area (Å²) in [5.74, 6) is 0.164. The fourth-order valence-electron chi connectivity index (χ4n) is 3.34. The molecule has 2 N–H and O–H groups in total. The van der Waals surface area contributed by atoms with E-state index < -0.39 is 0 Å². The highest BCUT2D eigenvalue weighted by Gasteiger charge is 2.16. The molecular formula is C27H24N4O3. The molecule has 0 saturated heterocycles. The first-order valence-corrected chi connectivity index (χ1v) is 10.8. The third-order valence-corrected chi connectivity index (χ3v) is 5.20. The van der Waals surface area contributed by atoms with Gasteiger partial charge in [-0.25, -0.2) is 0 Å². The number of nitrogens with one attached hydrogen (secondary N) is 2. The van der Waals surface area contributed by atoms with Crippen LogP contribution >= 0.6 is 0 Å². The number of amides is 2. The zero-order chi connectivity index (χ0) is 23.8. The first kappa shape index (κ1) is 22.7. The lowest BCUT2D eigenvalue weighted by Gasteiger charge is -2.14. The average Bonchev–Trinajstić information content (AvgIpc) is 2.89. The van der Waals surface area contributed by atoms with Crippen molar-refractivity contribution >= 4 is 17.5 Å². The minimum absolute atomic E-state index is 0.273. The highest BCUT2D eigenvalue weighted by atomic mass is 16.5. The van der Waals surface area contributed by atoms with E-state index in [2.05, 4.69) is 20.6 Å². The molecule has 2 amide bonds. The quantitative estimate of drug-likeness (QED) is 0.409. The van der Waals surface area contributed by atoms with E-state index in [4.69, 9.17) is 4.74 Å². The number of hydrogen-bond donors (Lipinski definition) is 2. The van der Waals surface area contributed by atoms with Gasteiger partial charge < -0.3 is 15.4 Å². The van der Waals surface area contributed by atoms with Crippen molar-refractivity contribution < 1.29 is 14.3 Å². The predicted molar refractivity (Wildman–Crippen MR) is 130 cm³/mol. The smallest absolute Gasteiger partial charge is 0.255 e. The SMILES string of the molecule is Cc1cccc(C(=O)NCc2ccc(OCc3cccnc3)cc2)c1NC(=O)c1ccncc1. The summed E-state index contributed by atoms with van der Waals surface area (Å²) in [6, 6.07) is 19.9. The van der Waals surface area contributed by atoms with Gasteiger partial charge in [0.2, 0.25) is 0 Å². The van der Waals surface area contributed by atoms with Gasteiger partial charge in [0.15, 0.2) is 0 Å². The largest absolute Gasteiger partial charge is 0.489 e. The second kappa shape index (κ2) is 10.9. The van der Waals surface area contributed by atoms with Gasteiger partial charge in [0, 0.05) is 42.5 Å². The van der Waals surface area contributed by atoms with E-state index in [0.29, 0.717) is 30.0 Å². The van der Waals surface area contributed by atoms with Crippen molar-refractivity contribution in [3.05, 3.63) is 119 Å². The van der Waals surface area contributed by atoms with Crippen LogP contribution in [0.2, 0.25) is 0 Å². The molecule has 0 aliphatic carbocycles. The molecule has 0 fully saturated rings. The number of pyridine rings is 2. The molecule has 170 valence electrons. The van der Waals surface area contributed by atoms with Gasteiger partial charge in [-0.3, -0.25) is 19.6 Å². The predicted octanol–water partition coefficient (Wildman–Crippen LogP) is 4.55. The second-order valence-corrected chi connectivity index (χ2v) is 7.66. The molecule has 0 atom stereocenters. The molecule has 0 spiro atoms. The van der Waals surface area contributed by atoms with Crippen LogP contribution in [-0.2, 0) is 13.2 Å². The van der Waals surface area contributed by atoms with Crippen LogP contribution in [0.5, 0.6) is 5.75 Å². The molecule has 0 bridgehead atoms. The van der Waals surface area contributed by atoms with Crippen molar-refractivity contribution in [3.8, 4) is 5.75 Å². The Morgan fingerprint density at radius 3 is 2.35 bits per heavy atom. The number of aromatic nitrogens is 2. The van der Waals surface area contributed by atoms with Crippen molar-refractivity contribution in [2.24, 2.45) is 0 Å². The van der Waals surface area contributed by atoms with Crippen molar-refractivity contribution in [1.29, 1.82) is 0 Å². The maximum Gasteiger partial charge on any atom is 0.255 e. The molecule has 7 heteroatoms. The lowest BCUT2D eigenvalue weighted by Crippen LogP contribution is -2.25. The Kier molecular flexibility index (Phi) is 7.25. The summed E-state index contributed by atoms with van der Waals surface area (Å²) >= 11 is 0. The minimum atomic E-state index is -0.298. The number of benzene rings is 2. The van der Waals surface area contributed by atoms with E-state index >= 15 is 0 Å². The Labute approximate surface area is 197 Å². The van der Waals surface area contributed by atoms with Crippen LogP contribution < -0.4 is 15.4 Å². The third kappa shape index (κ3) is 5.83. The van der Waals surface area contributed by atoms with E-state index in [0.717, 1.165) is 22.4 Å². The summed E-state index contributed by atoms with van der Waals surface area (Å²) < 4.78 is 5.77. The molecule has 2 aromatic heterocycles. The van der Waals surface area contributed by atoms with Crippen LogP contribution in [0.4, 0.5) is 5.69 Å². The monoisotopic (exact) mass is 452 g/mol. The standard InChI is InChI=1S/C27H24N4O3/c1-19-4-2-6-24(25(19)31-26(32)22-11-14-28-15-12-22)27(33)30-17-20-7-9-23(10-8-20)34-18-21-5-3-13-29-16-21/h2-16H,17-18H2,1H3,(H,30,33)(H,31,32). The molecule has 0 aliphatic heterocycles. The Bertz CT molecular complexity index is 1260. The van der Waals surface area contributed by atoms with Gasteiger partial charge in [0.05, 0.1) is 11.3 Å². The molecule has 0 saturated carbocycles. The zero-order valence-electron chi connectivity index (χ0n) is 18.7. The maximum absolute atomic E-state index is 12.9. The van der Waals surface area contributed by atoms with Gasteiger partial charge in [-0.1, -0.05) is 30.3 Å².